The third-order valence-electron chi connectivity index (χ3n) is 6.33. The van der Waals surface area contributed by atoms with Crippen molar-refractivity contribution in [1.29, 1.82) is 0 Å². The van der Waals surface area contributed by atoms with Crippen molar-refractivity contribution in [2.24, 2.45) is 29.1 Å². The van der Waals surface area contributed by atoms with Crippen molar-refractivity contribution in [3.8, 4) is 0 Å². The van der Waals surface area contributed by atoms with Gasteiger partial charge < -0.3 is 9.47 Å². The Morgan fingerprint density at radius 3 is 1.71 bits per heavy atom. The predicted molar refractivity (Wildman–Crippen MR) is 91.0 cm³/mol. The van der Waals surface area contributed by atoms with Crippen LogP contribution >= 0.6 is 0 Å². The maximum atomic E-state index is 11.8. The fraction of sp³-hybridized carbons (Fsp3) is 0.700. The van der Waals surface area contributed by atoms with Gasteiger partial charge in [0.1, 0.15) is 13.2 Å². The second-order valence-corrected chi connectivity index (χ2v) is 8.28. The van der Waals surface area contributed by atoms with E-state index in [1.54, 1.807) is 13.8 Å². The number of carbonyl (C=O) groups is 2. The maximum Gasteiger partial charge on any atom is 0.333 e. The van der Waals surface area contributed by atoms with E-state index in [1.165, 1.54) is 19.3 Å². The van der Waals surface area contributed by atoms with E-state index < -0.39 is 0 Å². The minimum atomic E-state index is -0.361. The molecule has 0 N–H and O–H groups in total. The molecule has 3 saturated carbocycles. The minimum absolute atomic E-state index is 0.243. The summed E-state index contributed by atoms with van der Waals surface area (Å²) in [6.07, 6.45) is 6.01. The first kappa shape index (κ1) is 17.2. The normalized spacial score (nSPS) is 32.2. The fourth-order valence-electron chi connectivity index (χ4n) is 5.21. The summed E-state index contributed by atoms with van der Waals surface area (Å²) in [5, 5.41) is 0. The summed E-state index contributed by atoms with van der Waals surface area (Å²) in [6.45, 7) is 11.2. The lowest BCUT2D eigenvalue weighted by atomic mass is 9.82. The number of esters is 2. The SMILES string of the molecule is C=C(C)C(=O)OCC1(COC(=O)C(=C)C)CC2C3CCC(C3)C2C1. The first-order chi connectivity index (χ1) is 11.3. The largest absolute Gasteiger partial charge is 0.462 e. The van der Waals surface area contributed by atoms with Gasteiger partial charge in [-0.15, -0.1) is 0 Å². The molecule has 0 heterocycles. The Morgan fingerprint density at radius 2 is 1.33 bits per heavy atom. The van der Waals surface area contributed by atoms with Gasteiger partial charge in [-0.1, -0.05) is 13.2 Å². The van der Waals surface area contributed by atoms with E-state index in [9.17, 15) is 9.59 Å². The highest BCUT2D eigenvalue weighted by Gasteiger charge is 2.57. The van der Waals surface area contributed by atoms with E-state index in [2.05, 4.69) is 13.2 Å². The smallest absolute Gasteiger partial charge is 0.333 e. The maximum absolute atomic E-state index is 11.8. The molecule has 24 heavy (non-hydrogen) atoms. The van der Waals surface area contributed by atoms with Crippen molar-refractivity contribution in [2.45, 2.75) is 46.0 Å². The molecule has 0 radical (unpaired) electrons. The monoisotopic (exact) mass is 332 g/mol. The van der Waals surface area contributed by atoms with E-state index in [-0.39, 0.29) is 17.4 Å². The van der Waals surface area contributed by atoms with E-state index in [1.807, 2.05) is 0 Å². The Kier molecular flexibility index (Phi) is 4.58. The lowest BCUT2D eigenvalue weighted by molar-refractivity contribution is -0.149. The van der Waals surface area contributed by atoms with E-state index >= 15 is 0 Å². The first-order valence-electron chi connectivity index (χ1n) is 8.96. The van der Waals surface area contributed by atoms with Gasteiger partial charge in [0.25, 0.3) is 0 Å². The van der Waals surface area contributed by atoms with Gasteiger partial charge >= 0.3 is 11.9 Å². The minimum Gasteiger partial charge on any atom is -0.462 e. The summed E-state index contributed by atoms with van der Waals surface area (Å²) in [6, 6.07) is 0. The fourth-order valence-corrected chi connectivity index (χ4v) is 5.21. The zero-order chi connectivity index (χ0) is 17.5. The van der Waals surface area contributed by atoms with Crippen LogP contribution in [0, 0.1) is 29.1 Å². The standard InChI is InChI=1S/C20H28O4/c1-12(2)18(21)23-10-20(11-24-19(22)13(3)4)8-16-14-5-6-15(7-14)17(16)9-20/h14-17H,1,3,5-11H2,2,4H3. The average Bonchev–Trinajstić information content (AvgIpc) is 3.21. The van der Waals surface area contributed by atoms with Crippen LogP contribution < -0.4 is 0 Å². The van der Waals surface area contributed by atoms with Gasteiger partial charge in [-0.3, -0.25) is 0 Å². The third-order valence-corrected chi connectivity index (χ3v) is 6.33. The Morgan fingerprint density at radius 1 is 0.917 bits per heavy atom. The quantitative estimate of drug-likeness (QED) is 0.550. The van der Waals surface area contributed by atoms with Crippen molar-refractivity contribution in [2.75, 3.05) is 13.2 Å². The average molecular weight is 332 g/mol. The van der Waals surface area contributed by atoms with Crippen LogP contribution in [0.25, 0.3) is 0 Å². The number of hydrogen-bond acceptors (Lipinski definition) is 4. The molecule has 132 valence electrons. The highest BCUT2D eigenvalue weighted by molar-refractivity contribution is 5.87. The van der Waals surface area contributed by atoms with Crippen molar-refractivity contribution >= 4 is 11.9 Å². The molecular weight excluding hydrogens is 304 g/mol. The van der Waals surface area contributed by atoms with Gasteiger partial charge in [0, 0.05) is 16.6 Å². The summed E-state index contributed by atoms with van der Waals surface area (Å²) >= 11 is 0. The van der Waals surface area contributed by atoms with Crippen LogP contribution in [0.5, 0.6) is 0 Å². The molecule has 4 atom stereocenters. The van der Waals surface area contributed by atoms with Crippen molar-refractivity contribution < 1.29 is 19.1 Å². The molecule has 0 aromatic heterocycles. The third kappa shape index (κ3) is 3.15. The Balaban J connectivity index is 1.70. The number of ether oxygens (including phenoxy) is 2. The van der Waals surface area contributed by atoms with Gasteiger partial charge in [-0.25, -0.2) is 9.59 Å². The van der Waals surface area contributed by atoms with Gasteiger partial charge in [-0.2, -0.15) is 0 Å². The molecule has 0 saturated heterocycles. The second kappa shape index (κ2) is 6.38. The van der Waals surface area contributed by atoms with Crippen molar-refractivity contribution in [1.82, 2.24) is 0 Å². The summed E-state index contributed by atoms with van der Waals surface area (Å²) in [5.74, 6) is 2.32. The van der Waals surface area contributed by atoms with Gasteiger partial charge in [-0.05, 0) is 69.6 Å². The van der Waals surface area contributed by atoms with E-state index in [0.29, 0.717) is 36.2 Å². The second-order valence-electron chi connectivity index (χ2n) is 8.28. The topological polar surface area (TPSA) is 52.6 Å². The lowest BCUT2D eigenvalue weighted by Gasteiger charge is -2.29. The Hall–Kier alpha value is -1.58. The van der Waals surface area contributed by atoms with Gasteiger partial charge in [0.05, 0.1) is 0 Å². The van der Waals surface area contributed by atoms with Crippen LogP contribution in [0.15, 0.2) is 24.3 Å². The highest BCUT2D eigenvalue weighted by Crippen LogP contribution is 2.63. The molecule has 0 aromatic carbocycles. The molecule has 3 aliphatic rings. The van der Waals surface area contributed by atoms with Crippen LogP contribution in [0.2, 0.25) is 0 Å². The van der Waals surface area contributed by atoms with Gasteiger partial charge in [0.2, 0.25) is 0 Å². The summed E-state index contributed by atoms with van der Waals surface area (Å²) in [5.41, 5.74) is 0.567. The van der Waals surface area contributed by atoms with Crippen LogP contribution in [0.3, 0.4) is 0 Å². The van der Waals surface area contributed by atoms with Gasteiger partial charge in [0.15, 0.2) is 0 Å². The van der Waals surface area contributed by atoms with Crippen LogP contribution in [0.1, 0.15) is 46.0 Å². The zero-order valence-corrected chi connectivity index (χ0v) is 14.8. The van der Waals surface area contributed by atoms with Crippen molar-refractivity contribution in [3.05, 3.63) is 24.3 Å². The lowest BCUT2D eigenvalue weighted by Crippen LogP contribution is -2.33. The molecule has 4 nitrogen and oxygen atoms in total. The molecule has 0 amide bonds. The van der Waals surface area contributed by atoms with Crippen molar-refractivity contribution in [3.63, 3.8) is 0 Å². The molecule has 0 aliphatic heterocycles. The zero-order valence-electron chi connectivity index (χ0n) is 14.8. The predicted octanol–water partition coefficient (Wildman–Crippen LogP) is 3.67. The molecule has 3 rings (SSSR count). The highest BCUT2D eigenvalue weighted by atomic mass is 16.5. The number of rotatable bonds is 6. The summed E-state index contributed by atoms with van der Waals surface area (Å²) in [4.78, 5) is 23.7. The number of carbonyl (C=O) groups excluding carboxylic acids is 2. The molecule has 0 aromatic rings. The Labute approximate surface area is 144 Å². The van der Waals surface area contributed by atoms with Crippen LogP contribution in [-0.4, -0.2) is 25.2 Å². The summed E-state index contributed by atoms with van der Waals surface area (Å²) < 4.78 is 11.0. The molecule has 4 unspecified atom stereocenters. The number of hydrogen-bond donors (Lipinski definition) is 0. The molecule has 4 heteroatoms. The molecule has 2 bridgehead atoms. The van der Waals surface area contributed by atoms with Crippen LogP contribution in [0.4, 0.5) is 0 Å². The molecule has 3 fully saturated rings. The van der Waals surface area contributed by atoms with E-state index in [4.69, 9.17) is 9.47 Å². The molecule has 3 aliphatic carbocycles. The van der Waals surface area contributed by atoms with E-state index in [0.717, 1.165) is 24.7 Å². The Bertz CT molecular complexity index is 526. The summed E-state index contributed by atoms with van der Waals surface area (Å²) in [7, 11) is 0. The molecular formula is C20H28O4. The first-order valence-corrected chi connectivity index (χ1v) is 8.96. The van der Waals surface area contributed by atoms with Crippen LogP contribution in [-0.2, 0) is 19.1 Å². The number of fused-ring (bicyclic) bond motifs is 5. The molecule has 0 spiro atoms.